The molecule has 2 N–H and O–H groups in total. The van der Waals surface area contributed by atoms with Gasteiger partial charge in [0.1, 0.15) is 0 Å². The van der Waals surface area contributed by atoms with Crippen molar-refractivity contribution in [3.05, 3.63) is 29.6 Å². The van der Waals surface area contributed by atoms with Crippen molar-refractivity contribution in [2.45, 2.75) is 24.8 Å². The zero-order valence-electron chi connectivity index (χ0n) is 11.0. The van der Waals surface area contributed by atoms with E-state index in [-0.39, 0.29) is 6.92 Å². The maximum atomic E-state index is 13.2. The molecule has 0 unspecified atom stereocenters. The number of urea groups is 1. The van der Waals surface area contributed by atoms with Crippen LogP contribution < -0.4 is 10.6 Å². The highest BCUT2D eigenvalue weighted by Gasteiger charge is 2.68. The Hall–Kier alpha value is -2.14. The van der Waals surface area contributed by atoms with Gasteiger partial charge in [0.15, 0.2) is 17.5 Å². The monoisotopic (exact) mass is 354 g/mol. The van der Waals surface area contributed by atoms with Crippen LogP contribution in [0.25, 0.3) is 0 Å². The molecule has 0 spiro atoms. The Kier molecular flexibility index (Phi) is 4.78. The molecule has 12 heteroatoms. The molecule has 0 atom stereocenters. The van der Waals surface area contributed by atoms with Gasteiger partial charge in [-0.1, -0.05) is 0 Å². The van der Waals surface area contributed by atoms with Crippen LogP contribution in [0.15, 0.2) is 12.1 Å². The quantitative estimate of drug-likeness (QED) is 0.609. The Balaban J connectivity index is 3.06. The highest BCUT2D eigenvalue weighted by molar-refractivity contribution is 5.90. The molecule has 1 aromatic carbocycles. The first-order chi connectivity index (χ1) is 10.2. The van der Waals surface area contributed by atoms with E-state index in [1.165, 1.54) is 5.32 Å². The van der Waals surface area contributed by atoms with Crippen molar-refractivity contribution in [2.75, 3.05) is 5.32 Å². The number of carbonyl (C=O) groups excluding carboxylic acids is 1. The first-order valence-corrected chi connectivity index (χ1v) is 5.57. The molecule has 0 aliphatic carbocycles. The van der Waals surface area contributed by atoms with Crippen molar-refractivity contribution < 1.29 is 44.3 Å². The zero-order valence-corrected chi connectivity index (χ0v) is 11.0. The standard InChI is InChI=1S/C11H7F9N2O/c1-9(10(15,16)17,11(18,19)20)22-8(23)21-5-3-2-4(12)6(13)7(5)14/h2-3H,1H3,(H2,21,22,23). The summed E-state index contributed by atoms with van der Waals surface area (Å²) < 4.78 is 114. The predicted molar refractivity (Wildman–Crippen MR) is 59.0 cm³/mol. The maximum Gasteiger partial charge on any atom is 0.420 e. The largest absolute Gasteiger partial charge is 0.420 e. The van der Waals surface area contributed by atoms with E-state index < -0.39 is 47.1 Å². The van der Waals surface area contributed by atoms with Gasteiger partial charge in [-0.3, -0.25) is 0 Å². The molecule has 0 aliphatic heterocycles. The second-order valence-corrected chi connectivity index (χ2v) is 4.42. The number of amides is 2. The fourth-order valence-corrected chi connectivity index (χ4v) is 1.31. The van der Waals surface area contributed by atoms with Crippen molar-refractivity contribution in [2.24, 2.45) is 0 Å². The van der Waals surface area contributed by atoms with E-state index in [1.807, 2.05) is 0 Å². The molecular weight excluding hydrogens is 347 g/mol. The minimum absolute atomic E-state index is 0.320. The molecule has 0 saturated carbocycles. The summed E-state index contributed by atoms with van der Waals surface area (Å²) >= 11 is 0. The van der Waals surface area contributed by atoms with Gasteiger partial charge in [-0.15, -0.1) is 0 Å². The van der Waals surface area contributed by atoms with Crippen LogP contribution in [0.4, 0.5) is 50.0 Å². The minimum atomic E-state index is -5.92. The lowest BCUT2D eigenvalue weighted by Gasteiger charge is -2.34. The molecule has 3 nitrogen and oxygen atoms in total. The van der Waals surface area contributed by atoms with E-state index in [0.29, 0.717) is 17.4 Å². The van der Waals surface area contributed by atoms with E-state index in [0.717, 1.165) is 0 Å². The molecule has 23 heavy (non-hydrogen) atoms. The summed E-state index contributed by atoms with van der Waals surface area (Å²) in [5, 5.41) is 1.85. The third kappa shape index (κ3) is 3.62. The number of halogens is 9. The summed E-state index contributed by atoms with van der Waals surface area (Å²) in [5.74, 6) is -5.71. The number of nitrogens with one attached hydrogen (secondary N) is 2. The summed E-state index contributed by atoms with van der Waals surface area (Å²) in [5.41, 5.74) is -5.79. The van der Waals surface area contributed by atoms with Crippen LogP contribution in [0.1, 0.15) is 6.92 Å². The van der Waals surface area contributed by atoms with Gasteiger partial charge < -0.3 is 10.6 Å². The van der Waals surface area contributed by atoms with E-state index >= 15 is 0 Å². The van der Waals surface area contributed by atoms with Gasteiger partial charge in [-0.2, -0.15) is 26.3 Å². The molecule has 0 fully saturated rings. The van der Waals surface area contributed by atoms with Crippen LogP contribution in [-0.2, 0) is 0 Å². The van der Waals surface area contributed by atoms with Gasteiger partial charge in [0.2, 0.25) is 5.54 Å². The van der Waals surface area contributed by atoms with Gasteiger partial charge in [0.25, 0.3) is 0 Å². The molecule has 0 bridgehead atoms. The topological polar surface area (TPSA) is 41.1 Å². The van der Waals surface area contributed by atoms with E-state index in [2.05, 4.69) is 0 Å². The average Bonchev–Trinajstić information content (AvgIpc) is 2.37. The number of rotatable bonds is 2. The van der Waals surface area contributed by atoms with Crippen molar-refractivity contribution >= 4 is 11.7 Å². The summed E-state index contributed by atoms with van der Waals surface area (Å²) in [4.78, 5) is 11.3. The van der Waals surface area contributed by atoms with Crippen LogP contribution >= 0.6 is 0 Å². The minimum Gasteiger partial charge on any atom is -0.316 e. The predicted octanol–water partition coefficient (Wildman–Crippen LogP) is 4.11. The summed E-state index contributed by atoms with van der Waals surface area (Å²) in [7, 11) is 0. The Morgan fingerprint density at radius 2 is 1.39 bits per heavy atom. The number of alkyl halides is 6. The second-order valence-electron chi connectivity index (χ2n) is 4.42. The van der Waals surface area contributed by atoms with Crippen LogP contribution in [0.2, 0.25) is 0 Å². The van der Waals surface area contributed by atoms with Gasteiger partial charge in [0, 0.05) is 0 Å². The van der Waals surface area contributed by atoms with Gasteiger partial charge in [-0.25, -0.2) is 18.0 Å². The smallest absolute Gasteiger partial charge is 0.316 e. The Morgan fingerprint density at radius 3 is 1.83 bits per heavy atom. The number of hydrogen-bond donors (Lipinski definition) is 2. The van der Waals surface area contributed by atoms with Crippen LogP contribution in [0, 0.1) is 17.5 Å². The lowest BCUT2D eigenvalue weighted by atomic mass is 10.0. The highest BCUT2D eigenvalue weighted by atomic mass is 19.4. The number of benzene rings is 1. The van der Waals surface area contributed by atoms with E-state index in [9.17, 15) is 44.3 Å². The fourth-order valence-electron chi connectivity index (χ4n) is 1.31. The number of hydrogen-bond acceptors (Lipinski definition) is 1. The lowest BCUT2D eigenvalue weighted by Crippen LogP contribution is -2.66. The molecular formula is C11H7F9N2O. The van der Waals surface area contributed by atoms with Crippen molar-refractivity contribution in [1.29, 1.82) is 0 Å². The van der Waals surface area contributed by atoms with Crippen LogP contribution in [0.5, 0.6) is 0 Å². The summed E-state index contributed by atoms with van der Waals surface area (Å²) in [6, 6.07) is -1.38. The Labute approximate surface area is 122 Å². The second kappa shape index (κ2) is 5.81. The average molecular weight is 354 g/mol. The van der Waals surface area contributed by atoms with Gasteiger partial charge in [-0.05, 0) is 19.1 Å². The normalized spacial score (nSPS) is 13.0. The zero-order chi connectivity index (χ0) is 18.2. The highest BCUT2D eigenvalue weighted by Crippen LogP contribution is 2.42. The lowest BCUT2D eigenvalue weighted by molar-refractivity contribution is -0.297. The molecule has 0 saturated heterocycles. The Bertz CT molecular complexity index is 595. The van der Waals surface area contributed by atoms with E-state index in [4.69, 9.17) is 0 Å². The molecule has 130 valence electrons. The van der Waals surface area contributed by atoms with E-state index in [1.54, 1.807) is 0 Å². The van der Waals surface area contributed by atoms with Crippen molar-refractivity contribution in [3.63, 3.8) is 0 Å². The molecule has 2 amide bonds. The summed E-state index contributed by atoms with van der Waals surface area (Å²) in [6.07, 6.45) is -11.8. The molecule has 0 aliphatic rings. The molecule has 0 radical (unpaired) electrons. The molecule has 1 rings (SSSR count). The number of anilines is 1. The first-order valence-electron chi connectivity index (χ1n) is 5.57. The number of carbonyl (C=O) groups is 1. The summed E-state index contributed by atoms with van der Waals surface area (Å²) in [6.45, 7) is -0.353. The SMILES string of the molecule is CC(NC(=O)Nc1ccc(F)c(F)c1F)(C(F)(F)F)C(F)(F)F. The van der Waals surface area contributed by atoms with Crippen molar-refractivity contribution in [3.8, 4) is 0 Å². The van der Waals surface area contributed by atoms with Crippen LogP contribution in [-0.4, -0.2) is 23.9 Å². The maximum absolute atomic E-state index is 13.2. The molecule has 0 heterocycles. The van der Waals surface area contributed by atoms with Crippen molar-refractivity contribution in [1.82, 2.24) is 5.32 Å². The third-order valence-corrected chi connectivity index (χ3v) is 2.78. The third-order valence-electron chi connectivity index (χ3n) is 2.78. The van der Waals surface area contributed by atoms with Gasteiger partial charge in [0.05, 0.1) is 5.69 Å². The molecule has 0 aromatic heterocycles. The fraction of sp³-hybridized carbons (Fsp3) is 0.364. The Morgan fingerprint density at radius 1 is 0.913 bits per heavy atom. The van der Waals surface area contributed by atoms with Crippen LogP contribution in [0.3, 0.4) is 0 Å². The van der Waals surface area contributed by atoms with Gasteiger partial charge >= 0.3 is 18.4 Å². The molecule has 1 aromatic rings. The first kappa shape index (κ1) is 18.9.